The van der Waals surface area contributed by atoms with Crippen molar-refractivity contribution in [3.63, 3.8) is 0 Å². The van der Waals surface area contributed by atoms with Gasteiger partial charge in [-0.05, 0) is 156 Å². The Morgan fingerprint density at radius 2 is 0.839 bits per heavy atom. The number of nitrogens with one attached hydrogen (secondary N) is 4. The Morgan fingerprint density at radius 3 is 1.30 bits per heavy atom. The van der Waals surface area contributed by atoms with Crippen LogP contribution < -0.4 is 15.4 Å². The highest BCUT2D eigenvalue weighted by Crippen LogP contribution is 2.37. The first-order chi connectivity index (χ1) is 27.2. The van der Waals surface area contributed by atoms with Gasteiger partial charge >= 0.3 is 0 Å². The quantitative estimate of drug-likeness (QED) is 0.112. The van der Waals surface area contributed by atoms with E-state index in [0.29, 0.717) is 0 Å². The van der Waals surface area contributed by atoms with Gasteiger partial charge in [-0.3, -0.25) is 0 Å². The summed E-state index contributed by atoms with van der Waals surface area (Å²) in [4.78, 5) is 7.52. The zero-order chi connectivity index (χ0) is 36.6. The lowest BCUT2D eigenvalue weighted by Crippen LogP contribution is -2.16. The van der Waals surface area contributed by atoms with E-state index in [1.807, 2.05) is 0 Å². The Kier molecular flexibility index (Phi) is 10.6. The Morgan fingerprint density at radius 1 is 0.429 bits per heavy atom. The minimum absolute atomic E-state index is 0. The van der Waals surface area contributed by atoms with Gasteiger partial charge in [0.2, 0.25) is 0 Å². The molecule has 2 aliphatic heterocycles. The zero-order valence-electron chi connectivity index (χ0n) is 32.1. The molecule has 4 heterocycles. The van der Waals surface area contributed by atoms with E-state index in [9.17, 15) is 0 Å². The molecule has 0 saturated heterocycles. The van der Waals surface area contributed by atoms with E-state index in [0.717, 1.165) is 102 Å². The summed E-state index contributed by atoms with van der Waals surface area (Å²) >= 11 is 0. The van der Waals surface area contributed by atoms with Crippen molar-refractivity contribution < 1.29 is 4.74 Å². The second kappa shape index (κ2) is 16.2. The number of aryl methyl sites for hydroxylation is 4. The topological polar surface area (TPSA) is 64.9 Å². The standard InChI is InChI=1S/C50H50N4O.ClH/c1-3-11-37-31-47(39(29-35(37)9-1)17-5-13-33-15-7-19-45-49(33)41-21-25-51-27-23-43(41)53-45)55-48-32-38-12-4-2-10-36(38)30-40(48)18-6-14-34-16-8-20-46-50(34)42-22-26-52-28-24-44(42)54-46;/h1-4,7-12,15-16,19-20,29-32,51-54H,5-6,13-14,17-18,21-28H2;1H. The summed E-state index contributed by atoms with van der Waals surface area (Å²) in [5.41, 5.74) is 13.9. The molecule has 6 heteroatoms. The van der Waals surface area contributed by atoms with Gasteiger partial charge < -0.3 is 25.3 Å². The van der Waals surface area contributed by atoms with Crippen LogP contribution >= 0.6 is 12.4 Å². The summed E-state index contributed by atoms with van der Waals surface area (Å²) in [6, 6.07) is 40.4. The van der Waals surface area contributed by atoms with Crippen molar-refractivity contribution in [2.24, 2.45) is 0 Å². The van der Waals surface area contributed by atoms with Gasteiger partial charge in [0, 0.05) is 59.1 Å². The number of hydrogen-bond donors (Lipinski definition) is 4. The summed E-state index contributed by atoms with van der Waals surface area (Å²) in [5, 5.41) is 15.0. The molecule has 0 fully saturated rings. The minimum Gasteiger partial charge on any atom is -0.457 e. The number of benzene rings is 6. The molecule has 284 valence electrons. The van der Waals surface area contributed by atoms with Crippen LogP contribution in [0.1, 0.15) is 57.6 Å². The van der Waals surface area contributed by atoms with Crippen LogP contribution in [-0.4, -0.2) is 36.1 Å². The highest BCUT2D eigenvalue weighted by atomic mass is 35.5. The van der Waals surface area contributed by atoms with Crippen molar-refractivity contribution in [1.29, 1.82) is 0 Å². The molecule has 0 aliphatic carbocycles. The van der Waals surface area contributed by atoms with Crippen molar-refractivity contribution in [3.8, 4) is 11.5 Å². The summed E-state index contributed by atoms with van der Waals surface area (Å²) in [6.07, 6.45) is 10.4. The van der Waals surface area contributed by atoms with Gasteiger partial charge in [0.1, 0.15) is 11.5 Å². The third-order valence-corrected chi connectivity index (χ3v) is 12.3. The van der Waals surface area contributed by atoms with E-state index in [1.165, 1.54) is 88.1 Å². The maximum Gasteiger partial charge on any atom is 0.131 e. The normalized spacial score (nSPS) is 14.4. The molecule has 10 rings (SSSR count). The molecule has 0 amide bonds. The maximum atomic E-state index is 7.13. The molecular weight excluding hydrogens is 708 g/mol. The second-order valence-electron chi connectivity index (χ2n) is 15.8. The van der Waals surface area contributed by atoms with Gasteiger partial charge in [0.05, 0.1) is 0 Å². The number of ether oxygens (including phenoxy) is 1. The van der Waals surface area contributed by atoms with E-state index < -0.39 is 0 Å². The molecule has 0 spiro atoms. The average Bonchev–Trinajstić information content (AvgIpc) is 3.53. The van der Waals surface area contributed by atoms with Gasteiger partial charge in [-0.15, -0.1) is 12.4 Å². The number of fused-ring (bicyclic) bond motifs is 8. The maximum absolute atomic E-state index is 7.13. The molecule has 8 aromatic rings. The van der Waals surface area contributed by atoms with Crippen molar-refractivity contribution in [2.45, 2.75) is 64.2 Å². The number of hydrogen-bond acceptors (Lipinski definition) is 3. The molecule has 0 bridgehead atoms. The van der Waals surface area contributed by atoms with Gasteiger partial charge in [-0.25, -0.2) is 0 Å². The summed E-state index contributed by atoms with van der Waals surface area (Å²) < 4.78 is 7.13. The molecule has 6 aromatic carbocycles. The van der Waals surface area contributed by atoms with E-state index >= 15 is 0 Å². The molecule has 2 aromatic heterocycles. The third-order valence-electron chi connectivity index (χ3n) is 12.3. The SMILES string of the molecule is Cl.c1ccc2cc(Oc3cc4ccccc4cc3CCCc3cccc4[nH]c5c(c34)CCNCC5)c(CCCc3cccc4[nH]c5c(c34)CCNCC5)cc2c1. The molecule has 2 aliphatic rings. The fraction of sp³-hybridized carbons (Fsp3) is 0.280. The lowest BCUT2D eigenvalue weighted by molar-refractivity contribution is 0.470. The Hall–Kier alpha value is -5.07. The fourth-order valence-electron chi connectivity index (χ4n) is 9.57. The smallest absolute Gasteiger partial charge is 0.131 e. The second-order valence-corrected chi connectivity index (χ2v) is 15.8. The summed E-state index contributed by atoms with van der Waals surface area (Å²) in [6.45, 7) is 4.18. The first-order valence-corrected chi connectivity index (χ1v) is 20.6. The fourth-order valence-corrected chi connectivity index (χ4v) is 9.57. The van der Waals surface area contributed by atoms with E-state index in [2.05, 4.69) is 130 Å². The highest BCUT2D eigenvalue weighted by Gasteiger charge is 2.19. The van der Waals surface area contributed by atoms with E-state index in [-0.39, 0.29) is 12.4 Å². The monoisotopic (exact) mass is 758 g/mol. The molecule has 4 N–H and O–H groups in total. The van der Waals surface area contributed by atoms with Crippen LogP contribution in [0.5, 0.6) is 11.5 Å². The van der Waals surface area contributed by atoms with Crippen LogP contribution in [0.2, 0.25) is 0 Å². The number of H-pyrrole nitrogens is 2. The number of aromatic nitrogens is 2. The average molecular weight is 759 g/mol. The molecule has 0 radical (unpaired) electrons. The Labute approximate surface area is 335 Å². The van der Waals surface area contributed by atoms with Crippen LogP contribution in [0.15, 0.2) is 109 Å². The highest BCUT2D eigenvalue weighted by molar-refractivity contribution is 5.90. The molecule has 0 atom stereocenters. The van der Waals surface area contributed by atoms with Crippen LogP contribution in [-0.2, 0) is 51.4 Å². The van der Waals surface area contributed by atoms with Crippen LogP contribution in [0, 0.1) is 0 Å². The van der Waals surface area contributed by atoms with Crippen molar-refractivity contribution >= 4 is 55.8 Å². The van der Waals surface area contributed by atoms with Crippen LogP contribution in [0.25, 0.3) is 43.4 Å². The predicted molar refractivity (Wildman–Crippen MR) is 236 cm³/mol. The molecular formula is C50H51ClN4O. The Balaban J connectivity index is 0.00000410. The predicted octanol–water partition coefficient (Wildman–Crippen LogP) is 10.9. The molecule has 5 nitrogen and oxygen atoms in total. The Bertz CT molecular complexity index is 2490. The minimum atomic E-state index is 0. The lowest BCUT2D eigenvalue weighted by Gasteiger charge is -2.17. The third kappa shape index (κ3) is 7.20. The largest absolute Gasteiger partial charge is 0.457 e. The first-order valence-electron chi connectivity index (χ1n) is 20.6. The summed E-state index contributed by atoms with van der Waals surface area (Å²) in [5.74, 6) is 1.95. The molecule has 0 saturated carbocycles. The molecule has 0 unspecified atom stereocenters. The first kappa shape index (κ1) is 36.6. The molecule has 56 heavy (non-hydrogen) atoms. The number of rotatable bonds is 10. The number of aromatic amines is 2. The number of halogens is 1. The lowest BCUT2D eigenvalue weighted by atomic mass is 9.95. The van der Waals surface area contributed by atoms with Crippen LogP contribution in [0.4, 0.5) is 0 Å². The van der Waals surface area contributed by atoms with Gasteiger partial charge in [-0.1, -0.05) is 72.8 Å². The van der Waals surface area contributed by atoms with Gasteiger partial charge in [-0.2, -0.15) is 0 Å². The van der Waals surface area contributed by atoms with Crippen molar-refractivity contribution in [2.75, 3.05) is 26.2 Å². The summed E-state index contributed by atoms with van der Waals surface area (Å²) in [7, 11) is 0. The van der Waals surface area contributed by atoms with E-state index in [1.54, 1.807) is 0 Å². The van der Waals surface area contributed by atoms with Crippen LogP contribution in [0.3, 0.4) is 0 Å². The van der Waals surface area contributed by atoms with E-state index in [4.69, 9.17) is 4.74 Å². The van der Waals surface area contributed by atoms with Crippen molar-refractivity contribution in [3.05, 3.63) is 154 Å². The van der Waals surface area contributed by atoms with Gasteiger partial charge in [0.15, 0.2) is 0 Å². The van der Waals surface area contributed by atoms with Gasteiger partial charge in [0.25, 0.3) is 0 Å². The zero-order valence-corrected chi connectivity index (χ0v) is 32.9. The van der Waals surface area contributed by atoms with Crippen molar-refractivity contribution in [1.82, 2.24) is 20.6 Å².